The Kier molecular flexibility index (Phi) is 6.32. The van der Waals surface area contributed by atoms with Crippen LogP contribution in [0, 0.1) is 0 Å². The van der Waals surface area contributed by atoms with Gasteiger partial charge in [-0.1, -0.05) is 11.6 Å². The van der Waals surface area contributed by atoms with E-state index in [1.807, 2.05) is 18.2 Å². The maximum Gasteiger partial charge on any atom is 0.196 e. The van der Waals surface area contributed by atoms with E-state index in [1.54, 1.807) is 25.5 Å². The third kappa shape index (κ3) is 4.87. The van der Waals surface area contributed by atoms with E-state index < -0.39 is 0 Å². The van der Waals surface area contributed by atoms with Gasteiger partial charge in [0.05, 0.1) is 31.6 Å². The highest BCUT2D eigenvalue weighted by Gasteiger charge is 2.14. The molecule has 1 aromatic carbocycles. The van der Waals surface area contributed by atoms with E-state index in [1.165, 1.54) is 0 Å². The van der Waals surface area contributed by atoms with Crippen LogP contribution in [0.1, 0.15) is 5.76 Å². The number of furan rings is 1. The summed E-state index contributed by atoms with van der Waals surface area (Å²) in [5, 5.41) is 7.90. The van der Waals surface area contributed by atoms with Crippen LogP contribution in [0.3, 0.4) is 0 Å². The van der Waals surface area contributed by atoms with E-state index in [2.05, 4.69) is 20.7 Å². The van der Waals surface area contributed by atoms with Gasteiger partial charge in [-0.2, -0.15) is 5.10 Å². The van der Waals surface area contributed by atoms with Gasteiger partial charge >= 0.3 is 0 Å². The maximum atomic E-state index is 6.08. The van der Waals surface area contributed by atoms with Crippen LogP contribution in [0.25, 0.3) is 0 Å². The quantitative estimate of drug-likeness (QED) is 0.458. The normalized spacial score (nSPS) is 14.5. The average Bonchev–Trinajstić information content (AvgIpc) is 3.11. The van der Waals surface area contributed by atoms with Crippen molar-refractivity contribution in [3.8, 4) is 5.75 Å². The predicted molar refractivity (Wildman–Crippen MR) is 107 cm³/mol. The summed E-state index contributed by atoms with van der Waals surface area (Å²) in [5.74, 6) is 2.04. The van der Waals surface area contributed by atoms with Crippen molar-refractivity contribution in [3.63, 3.8) is 0 Å². The lowest BCUT2D eigenvalue weighted by molar-refractivity contribution is 0.120. The van der Waals surface area contributed by atoms with E-state index in [4.69, 9.17) is 37.7 Å². The molecule has 0 bridgehead atoms. The molecule has 138 valence electrons. The Hall–Kier alpha value is -2.29. The van der Waals surface area contributed by atoms with Crippen LogP contribution in [-0.4, -0.2) is 44.7 Å². The highest BCUT2D eigenvalue weighted by Crippen LogP contribution is 2.27. The van der Waals surface area contributed by atoms with Gasteiger partial charge in [0.2, 0.25) is 0 Å². The molecule has 0 radical (unpaired) electrons. The summed E-state index contributed by atoms with van der Waals surface area (Å²) < 4.78 is 16.2. The van der Waals surface area contributed by atoms with Crippen molar-refractivity contribution >= 4 is 46.7 Å². The van der Waals surface area contributed by atoms with Crippen LogP contribution in [0.15, 0.2) is 39.9 Å². The fourth-order valence-corrected chi connectivity index (χ4v) is 2.85. The van der Waals surface area contributed by atoms with Gasteiger partial charge < -0.3 is 24.1 Å². The summed E-state index contributed by atoms with van der Waals surface area (Å²) in [6, 6.07) is 9.06. The molecule has 0 amide bonds. The van der Waals surface area contributed by atoms with E-state index in [9.17, 15) is 0 Å². The van der Waals surface area contributed by atoms with Gasteiger partial charge in [-0.15, -0.1) is 0 Å². The molecule has 1 aromatic heterocycles. The third-order valence-corrected chi connectivity index (χ3v) is 4.19. The number of nitrogens with one attached hydrogen (secondary N) is 2. The van der Waals surface area contributed by atoms with Crippen molar-refractivity contribution in [2.75, 3.05) is 43.6 Å². The Bertz CT molecular complexity index is 790. The fourth-order valence-electron chi connectivity index (χ4n) is 2.42. The molecular weight excluding hydrogens is 376 g/mol. The number of hydrazone groups is 1. The number of hydrogen-bond donors (Lipinski definition) is 2. The molecule has 1 saturated heterocycles. The smallest absolute Gasteiger partial charge is 0.196 e. The molecule has 7 nitrogen and oxygen atoms in total. The summed E-state index contributed by atoms with van der Waals surface area (Å²) in [5.41, 5.74) is 3.47. The molecule has 0 unspecified atom stereocenters. The monoisotopic (exact) mass is 394 g/mol. The number of nitrogens with zero attached hydrogens (tertiary/aromatic N) is 2. The van der Waals surface area contributed by atoms with Crippen molar-refractivity contribution in [1.82, 2.24) is 5.43 Å². The first-order valence-corrected chi connectivity index (χ1v) is 8.80. The Balaban J connectivity index is 1.51. The first-order valence-electron chi connectivity index (χ1n) is 8.02. The number of ether oxygens (including phenoxy) is 2. The second-order valence-corrected chi connectivity index (χ2v) is 6.26. The van der Waals surface area contributed by atoms with Crippen LogP contribution in [-0.2, 0) is 4.74 Å². The Morgan fingerprint density at radius 3 is 2.85 bits per heavy atom. The van der Waals surface area contributed by atoms with Gasteiger partial charge in [-0.25, -0.2) is 0 Å². The number of benzene rings is 1. The maximum absolute atomic E-state index is 6.08. The number of morpholine rings is 1. The zero-order chi connectivity index (χ0) is 18.4. The minimum absolute atomic E-state index is 0.336. The first kappa shape index (κ1) is 18.5. The van der Waals surface area contributed by atoms with E-state index in [-0.39, 0.29) is 0 Å². The molecule has 2 heterocycles. The van der Waals surface area contributed by atoms with Crippen LogP contribution < -0.4 is 20.4 Å². The number of thiocarbonyl (C=S) groups is 1. The van der Waals surface area contributed by atoms with Crippen molar-refractivity contribution in [3.05, 3.63) is 41.1 Å². The summed E-state index contributed by atoms with van der Waals surface area (Å²) >= 11 is 11.3. The molecule has 3 rings (SSSR count). The number of halogens is 1. The highest BCUT2D eigenvalue weighted by molar-refractivity contribution is 7.80. The summed E-state index contributed by atoms with van der Waals surface area (Å²) in [6.07, 6.45) is 1.57. The molecule has 2 aromatic rings. The van der Waals surface area contributed by atoms with Gasteiger partial charge in [0.1, 0.15) is 11.5 Å². The fraction of sp³-hybridized carbons (Fsp3) is 0.294. The molecule has 1 aliphatic heterocycles. The lowest BCUT2D eigenvalue weighted by atomic mass is 10.3. The van der Waals surface area contributed by atoms with E-state index >= 15 is 0 Å². The van der Waals surface area contributed by atoms with Crippen LogP contribution >= 0.6 is 23.8 Å². The van der Waals surface area contributed by atoms with E-state index in [0.717, 1.165) is 24.7 Å². The molecule has 2 N–H and O–H groups in total. The van der Waals surface area contributed by atoms with Gasteiger partial charge in [0.15, 0.2) is 11.0 Å². The van der Waals surface area contributed by atoms with Crippen molar-refractivity contribution in [2.45, 2.75) is 0 Å². The molecule has 0 saturated carbocycles. The van der Waals surface area contributed by atoms with Crippen molar-refractivity contribution in [2.24, 2.45) is 5.10 Å². The second kappa shape index (κ2) is 8.88. The standard InChI is InChI=1S/C17H19ClN4O3S/c1-23-15-4-2-12(10-14(15)18)20-17(26)21-19-11-13-3-5-16(25-13)22-6-8-24-9-7-22/h2-5,10-11H,6-9H2,1H3,(H2,20,21,26)/b19-11+. The second-order valence-electron chi connectivity index (χ2n) is 5.45. The van der Waals surface area contributed by atoms with Gasteiger partial charge in [0, 0.05) is 24.8 Å². The topological polar surface area (TPSA) is 71.3 Å². The summed E-state index contributed by atoms with van der Waals surface area (Å²) in [4.78, 5) is 2.13. The summed E-state index contributed by atoms with van der Waals surface area (Å²) in [7, 11) is 1.56. The molecule has 1 fully saturated rings. The zero-order valence-electron chi connectivity index (χ0n) is 14.2. The Morgan fingerprint density at radius 1 is 1.31 bits per heavy atom. The Labute approximate surface area is 161 Å². The third-order valence-electron chi connectivity index (χ3n) is 3.70. The lowest BCUT2D eigenvalue weighted by Gasteiger charge is -2.26. The highest BCUT2D eigenvalue weighted by atomic mass is 35.5. The van der Waals surface area contributed by atoms with Gasteiger partial charge in [0.25, 0.3) is 0 Å². The lowest BCUT2D eigenvalue weighted by Crippen LogP contribution is -2.35. The largest absolute Gasteiger partial charge is 0.495 e. The molecule has 1 aliphatic rings. The molecule has 9 heteroatoms. The van der Waals surface area contributed by atoms with Crippen LogP contribution in [0.5, 0.6) is 5.75 Å². The summed E-state index contributed by atoms with van der Waals surface area (Å²) in [6.45, 7) is 3.06. The number of anilines is 2. The number of rotatable bonds is 5. The van der Waals surface area contributed by atoms with Crippen LogP contribution in [0.4, 0.5) is 11.6 Å². The van der Waals surface area contributed by atoms with E-state index in [0.29, 0.717) is 34.9 Å². The molecule has 0 atom stereocenters. The SMILES string of the molecule is COc1ccc(NC(=S)N/N=C/c2ccc(N3CCOCC3)o2)cc1Cl. The number of hydrogen-bond acceptors (Lipinski definition) is 6. The van der Waals surface area contributed by atoms with Crippen molar-refractivity contribution in [1.29, 1.82) is 0 Å². The minimum atomic E-state index is 0.336. The van der Waals surface area contributed by atoms with Gasteiger partial charge in [-0.3, -0.25) is 5.43 Å². The van der Waals surface area contributed by atoms with Crippen molar-refractivity contribution < 1.29 is 13.9 Å². The average molecular weight is 395 g/mol. The Morgan fingerprint density at radius 2 is 2.12 bits per heavy atom. The minimum Gasteiger partial charge on any atom is -0.495 e. The van der Waals surface area contributed by atoms with Gasteiger partial charge in [-0.05, 0) is 36.5 Å². The molecule has 0 aliphatic carbocycles. The van der Waals surface area contributed by atoms with Crippen LogP contribution in [0.2, 0.25) is 5.02 Å². The first-order chi connectivity index (χ1) is 12.7. The molecule has 26 heavy (non-hydrogen) atoms. The molecule has 0 spiro atoms. The predicted octanol–water partition coefficient (Wildman–Crippen LogP) is 3.10. The zero-order valence-corrected chi connectivity index (χ0v) is 15.8. The number of methoxy groups -OCH3 is 1. The molecular formula is C17H19ClN4O3S.